The van der Waals surface area contributed by atoms with E-state index in [9.17, 15) is 9.59 Å². The zero-order valence-electron chi connectivity index (χ0n) is 9.31. The molecule has 1 saturated heterocycles. The van der Waals surface area contributed by atoms with Gasteiger partial charge in [0, 0.05) is 12.2 Å². The third kappa shape index (κ3) is 3.49. The van der Waals surface area contributed by atoms with Crippen molar-refractivity contribution in [2.24, 2.45) is 0 Å². The molecule has 0 radical (unpaired) electrons. The molecule has 90 valence electrons. The Hall–Kier alpha value is -1.49. The number of hydrogen-bond acceptors (Lipinski definition) is 3. The molecule has 2 rings (SSSR count). The van der Waals surface area contributed by atoms with Crippen LogP contribution in [0.15, 0.2) is 30.3 Å². The molecule has 1 atom stereocenters. The van der Waals surface area contributed by atoms with Gasteiger partial charge >= 0.3 is 0 Å². The molecule has 1 aliphatic rings. The van der Waals surface area contributed by atoms with Gasteiger partial charge in [-0.25, -0.2) is 0 Å². The van der Waals surface area contributed by atoms with Crippen LogP contribution >= 0.6 is 11.8 Å². The van der Waals surface area contributed by atoms with Crippen molar-refractivity contribution in [3.63, 3.8) is 0 Å². The number of carbonyl (C=O) groups excluding carboxylic acids is 2. The van der Waals surface area contributed by atoms with Crippen molar-refractivity contribution in [2.75, 3.05) is 17.6 Å². The summed E-state index contributed by atoms with van der Waals surface area (Å²) >= 11 is 1.40. The van der Waals surface area contributed by atoms with Gasteiger partial charge in [-0.15, -0.1) is 11.8 Å². The Morgan fingerprint density at radius 1 is 1.41 bits per heavy atom. The minimum atomic E-state index is -0.0727. The minimum absolute atomic E-state index is 0.0440. The lowest BCUT2D eigenvalue weighted by Crippen LogP contribution is -2.23. The molecule has 1 fully saturated rings. The molecule has 1 heterocycles. The summed E-state index contributed by atoms with van der Waals surface area (Å²) in [6, 6.07) is 9.31. The molecule has 0 saturated carbocycles. The van der Waals surface area contributed by atoms with Gasteiger partial charge in [-0.2, -0.15) is 0 Å². The Morgan fingerprint density at radius 3 is 2.82 bits per heavy atom. The first kappa shape index (κ1) is 12.0. The summed E-state index contributed by atoms with van der Waals surface area (Å²) in [6.07, 6.45) is 0.808. The topological polar surface area (TPSA) is 58.2 Å². The number of hydrogen-bond donors (Lipinski definition) is 2. The Labute approximate surface area is 104 Å². The lowest BCUT2D eigenvalue weighted by Gasteiger charge is -2.07. The molecule has 5 heteroatoms. The van der Waals surface area contributed by atoms with E-state index in [1.807, 2.05) is 30.3 Å². The van der Waals surface area contributed by atoms with Gasteiger partial charge in [-0.3, -0.25) is 9.59 Å². The maximum Gasteiger partial charge on any atom is 0.234 e. The van der Waals surface area contributed by atoms with Gasteiger partial charge in [0.05, 0.1) is 11.0 Å². The van der Waals surface area contributed by atoms with E-state index in [4.69, 9.17) is 0 Å². The zero-order valence-corrected chi connectivity index (χ0v) is 10.1. The number of thioether (sulfide) groups is 1. The maximum absolute atomic E-state index is 11.6. The highest BCUT2D eigenvalue weighted by Gasteiger charge is 2.24. The van der Waals surface area contributed by atoms with Crippen LogP contribution in [-0.4, -0.2) is 29.4 Å². The fraction of sp³-hybridized carbons (Fsp3) is 0.333. The van der Waals surface area contributed by atoms with Crippen molar-refractivity contribution >= 4 is 29.3 Å². The first-order valence-corrected chi connectivity index (χ1v) is 6.55. The number of rotatable bonds is 4. The van der Waals surface area contributed by atoms with E-state index < -0.39 is 0 Å². The summed E-state index contributed by atoms with van der Waals surface area (Å²) in [5.74, 6) is 0.288. The monoisotopic (exact) mass is 250 g/mol. The second kappa shape index (κ2) is 5.72. The van der Waals surface area contributed by atoms with Crippen molar-refractivity contribution < 1.29 is 9.59 Å². The van der Waals surface area contributed by atoms with Crippen LogP contribution in [0, 0.1) is 0 Å². The van der Waals surface area contributed by atoms with Crippen molar-refractivity contribution in [2.45, 2.75) is 11.7 Å². The van der Waals surface area contributed by atoms with E-state index in [0.29, 0.717) is 5.75 Å². The highest BCUT2D eigenvalue weighted by atomic mass is 32.2. The van der Waals surface area contributed by atoms with Crippen molar-refractivity contribution in [1.29, 1.82) is 0 Å². The van der Waals surface area contributed by atoms with Crippen molar-refractivity contribution in [3.05, 3.63) is 30.3 Å². The van der Waals surface area contributed by atoms with Gasteiger partial charge in [0.25, 0.3) is 0 Å². The predicted molar refractivity (Wildman–Crippen MR) is 68.9 cm³/mol. The molecule has 17 heavy (non-hydrogen) atoms. The van der Waals surface area contributed by atoms with Gasteiger partial charge in [-0.05, 0) is 18.6 Å². The van der Waals surface area contributed by atoms with Crippen LogP contribution in [0.2, 0.25) is 0 Å². The summed E-state index contributed by atoms with van der Waals surface area (Å²) in [5.41, 5.74) is 0.786. The van der Waals surface area contributed by atoms with Gasteiger partial charge in [0.2, 0.25) is 11.8 Å². The molecule has 0 aromatic heterocycles. The first-order chi connectivity index (χ1) is 8.25. The number of nitrogens with one attached hydrogen (secondary N) is 2. The summed E-state index contributed by atoms with van der Waals surface area (Å²) in [6.45, 7) is 0.719. The molecule has 2 N–H and O–H groups in total. The molecule has 0 aliphatic carbocycles. The number of benzene rings is 1. The van der Waals surface area contributed by atoms with Crippen LogP contribution in [0.3, 0.4) is 0 Å². The largest absolute Gasteiger partial charge is 0.355 e. The highest BCUT2D eigenvalue weighted by molar-refractivity contribution is 8.01. The second-order valence-corrected chi connectivity index (χ2v) is 4.98. The fourth-order valence-corrected chi connectivity index (χ4v) is 2.57. The number of anilines is 1. The average Bonchev–Trinajstić information content (AvgIpc) is 2.74. The summed E-state index contributed by atoms with van der Waals surface area (Å²) in [5, 5.41) is 5.47. The normalized spacial score (nSPS) is 18.8. The van der Waals surface area contributed by atoms with Crippen LogP contribution in [0.25, 0.3) is 0 Å². The lowest BCUT2D eigenvalue weighted by molar-refractivity contribution is -0.118. The van der Waals surface area contributed by atoms with Crippen LogP contribution in [-0.2, 0) is 9.59 Å². The van der Waals surface area contributed by atoms with E-state index in [1.165, 1.54) is 11.8 Å². The summed E-state index contributed by atoms with van der Waals surface area (Å²) in [7, 11) is 0. The van der Waals surface area contributed by atoms with Crippen molar-refractivity contribution in [3.8, 4) is 0 Å². The molecule has 2 amide bonds. The summed E-state index contributed by atoms with van der Waals surface area (Å²) in [4.78, 5) is 22.9. The molecular formula is C12H14N2O2S. The second-order valence-electron chi connectivity index (χ2n) is 3.79. The number of para-hydroxylation sites is 1. The van der Waals surface area contributed by atoms with E-state index in [1.54, 1.807) is 0 Å². The Morgan fingerprint density at radius 2 is 2.18 bits per heavy atom. The molecule has 0 bridgehead atoms. The molecule has 0 spiro atoms. The maximum atomic E-state index is 11.6. The molecule has 1 aliphatic heterocycles. The Bertz CT molecular complexity index is 408. The smallest absolute Gasteiger partial charge is 0.234 e. The van der Waals surface area contributed by atoms with Gasteiger partial charge in [-0.1, -0.05) is 18.2 Å². The predicted octanol–water partition coefficient (Wildman–Crippen LogP) is 1.25. The quantitative estimate of drug-likeness (QED) is 0.845. The average molecular weight is 250 g/mol. The first-order valence-electron chi connectivity index (χ1n) is 5.50. The zero-order chi connectivity index (χ0) is 12.1. The van der Waals surface area contributed by atoms with Gasteiger partial charge in [0.1, 0.15) is 0 Å². The fourth-order valence-electron chi connectivity index (χ4n) is 1.63. The number of carbonyl (C=O) groups is 2. The summed E-state index contributed by atoms with van der Waals surface area (Å²) < 4.78 is 0. The third-order valence-electron chi connectivity index (χ3n) is 2.47. The minimum Gasteiger partial charge on any atom is -0.355 e. The Kier molecular flexibility index (Phi) is 4.03. The van der Waals surface area contributed by atoms with E-state index >= 15 is 0 Å². The van der Waals surface area contributed by atoms with E-state index in [-0.39, 0.29) is 17.1 Å². The molecule has 4 nitrogen and oxygen atoms in total. The van der Waals surface area contributed by atoms with Crippen molar-refractivity contribution in [1.82, 2.24) is 5.32 Å². The standard InChI is InChI=1S/C12H14N2O2S/c15-11(14-9-4-2-1-3-5-9)8-17-10-6-7-13-12(10)16/h1-5,10H,6-8H2,(H,13,16)(H,14,15). The number of amides is 2. The lowest BCUT2D eigenvalue weighted by atomic mass is 10.3. The van der Waals surface area contributed by atoms with Crippen LogP contribution in [0.4, 0.5) is 5.69 Å². The molecule has 1 unspecified atom stereocenters. The van der Waals surface area contributed by atoms with Gasteiger partial charge < -0.3 is 10.6 Å². The van der Waals surface area contributed by atoms with Gasteiger partial charge in [0.15, 0.2) is 0 Å². The molecular weight excluding hydrogens is 236 g/mol. The molecule has 1 aromatic carbocycles. The molecule has 1 aromatic rings. The van der Waals surface area contributed by atoms with E-state index in [0.717, 1.165) is 18.7 Å². The van der Waals surface area contributed by atoms with Crippen LogP contribution in [0.5, 0.6) is 0 Å². The highest BCUT2D eigenvalue weighted by Crippen LogP contribution is 2.18. The van der Waals surface area contributed by atoms with Crippen LogP contribution < -0.4 is 10.6 Å². The van der Waals surface area contributed by atoms with Crippen LogP contribution in [0.1, 0.15) is 6.42 Å². The van der Waals surface area contributed by atoms with E-state index in [2.05, 4.69) is 10.6 Å². The SMILES string of the molecule is O=C(CSC1CCNC1=O)Nc1ccccc1. The Balaban J connectivity index is 1.76. The third-order valence-corrected chi connectivity index (χ3v) is 3.75.